The molecule has 0 saturated heterocycles. The molecule has 0 rings (SSSR count). The molecular formula is C10H28O4Ti. The summed E-state index contributed by atoms with van der Waals surface area (Å²) in [5.41, 5.74) is 0. The molecule has 0 spiro atoms. The van der Waals surface area contributed by atoms with Crippen LogP contribution in [0, 0.1) is 5.92 Å². The second-order valence-electron chi connectivity index (χ2n) is 2.53. The fourth-order valence-electron chi connectivity index (χ4n) is 0. The third-order valence-electron chi connectivity index (χ3n) is 0.365. The minimum atomic E-state index is 0. The van der Waals surface area contributed by atoms with Crippen LogP contribution in [0.4, 0.5) is 0 Å². The van der Waals surface area contributed by atoms with Crippen LogP contribution >= 0.6 is 0 Å². The van der Waals surface area contributed by atoms with Crippen LogP contribution in [0.5, 0.6) is 0 Å². The first-order chi connectivity index (χ1) is 6.51. The van der Waals surface area contributed by atoms with Gasteiger partial charge in [-0.05, 0) is 26.7 Å². The van der Waals surface area contributed by atoms with Gasteiger partial charge in [-0.2, -0.15) is 0 Å². The van der Waals surface area contributed by atoms with Crippen molar-refractivity contribution in [2.45, 2.75) is 34.6 Å². The monoisotopic (exact) mass is 260 g/mol. The maximum absolute atomic E-state index is 8.14. The average Bonchev–Trinajstić information content (AvgIpc) is 2.08. The van der Waals surface area contributed by atoms with Crippen LogP contribution in [0.2, 0.25) is 0 Å². The summed E-state index contributed by atoms with van der Waals surface area (Å²) in [6.45, 7) is 10.0. The molecule has 0 aliphatic carbocycles. The van der Waals surface area contributed by atoms with E-state index in [1.807, 2.05) is 13.8 Å². The maximum Gasteiger partial charge on any atom is 0.0453 e. The summed E-state index contributed by atoms with van der Waals surface area (Å²) in [6.07, 6.45) is 0. The zero-order chi connectivity index (χ0) is 12.4. The van der Waals surface area contributed by atoms with Crippen LogP contribution in [0.1, 0.15) is 34.6 Å². The van der Waals surface area contributed by atoms with Crippen LogP contribution in [-0.4, -0.2) is 46.9 Å². The Balaban J connectivity index is -0.0000000300. The fourth-order valence-corrected chi connectivity index (χ4v) is 0. The van der Waals surface area contributed by atoms with Gasteiger partial charge in [-0.3, -0.25) is 0 Å². The summed E-state index contributed by atoms with van der Waals surface area (Å²) in [4.78, 5) is 0. The SMILES string of the molecule is CC(C)CO.CCO.CCO.CCO.[Ti]. The Morgan fingerprint density at radius 2 is 0.800 bits per heavy atom. The van der Waals surface area contributed by atoms with Gasteiger partial charge < -0.3 is 20.4 Å². The van der Waals surface area contributed by atoms with Gasteiger partial charge in [-0.25, -0.2) is 0 Å². The Morgan fingerprint density at radius 1 is 0.733 bits per heavy atom. The molecule has 0 radical (unpaired) electrons. The number of hydrogen-bond donors (Lipinski definition) is 4. The second-order valence-corrected chi connectivity index (χ2v) is 2.53. The smallest absolute Gasteiger partial charge is 0.0453 e. The van der Waals surface area contributed by atoms with Gasteiger partial charge in [-0.1, -0.05) is 13.8 Å². The molecule has 0 heterocycles. The van der Waals surface area contributed by atoms with E-state index in [9.17, 15) is 0 Å². The molecule has 96 valence electrons. The van der Waals surface area contributed by atoms with Gasteiger partial charge in [-0.15, -0.1) is 0 Å². The van der Waals surface area contributed by atoms with Crippen LogP contribution in [0.15, 0.2) is 0 Å². The Morgan fingerprint density at radius 3 is 0.800 bits per heavy atom. The van der Waals surface area contributed by atoms with Gasteiger partial charge >= 0.3 is 0 Å². The van der Waals surface area contributed by atoms with E-state index in [1.165, 1.54) is 0 Å². The van der Waals surface area contributed by atoms with E-state index in [4.69, 9.17) is 20.4 Å². The number of aliphatic hydroxyl groups is 4. The second kappa shape index (κ2) is 46.9. The molecule has 4 N–H and O–H groups in total. The largest absolute Gasteiger partial charge is 0.397 e. The summed E-state index contributed by atoms with van der Waals surface area (Å²) >= 11 is 0. The molecule has 0 unspecified atom stereocenters. The molecule has 4 nitrogen and oxygen atoms in total. The zero-order valence-electron chi connectivity index (χ0n) is 10.7. The molecule has 0 aromatic rings. The van der Waals surface area contributed by atoms with Gasteiger partial charge in [0.1, 0.15) is 0 Å². The maximum atomic E-state index is 8.14. The number of aliphatic hydroxyl groups excluding tert-OH is 4. The van der Waals surface area contributed by atoms with E-state index in [0.717, 1.165) is 0 Å². The van der Waals surface area contributed by atoms with Gasteiger partial charge in [0.2, 0.25) is 0 Å². The van der Waals surface area contributed by atoms with Crippen molar-refractivity contribution in [2.24, 2.45) is 5.92 Å². The van der Waals surface area contributed by atoms with E-state index in [0.29, 0.717) is 12.5 Å². The van der Waals surface area contributed by atoms with Crippen LogP contribution in [0.25, 0.3) is 0 Å². The van der Waals surface area contributed by atoms with Crippen LogP contribution in [-0.2, 0) is 21.7 Å². The molecular weight excluding hydrogens is 232 g/mol. The Bertz CT molecular complexity index is 49.9. The molecule has 0 bridgehead atoms. The van der Waals surface area contributed by atoms with E-state index in [2.05, 4.69) is 0 Å². The van der Waals surface area contributed by atoms with Crippen molar-refractivity contribution in [1.82, 2.24) is 0 Å². The first-order valence-corrected chi connectivity index (χ1v) is 4.95. The van der Waals surface area contributed by atoms with Crippen molar-refractivity contribution in [3.63, 3.8) is 0 Å². The third kappa shape index (κ3) is 352. The van der Waals surface area contributed by atoms with Crippen molar-refractivity contribution in [2.75, 3.05) is 26.4 Å². The molecule has 0 aromatic carbocycles. The molecule has 0 amide bonds. The van der Waals surface area contributed by atoms with Gasteiger partial charge in [0.15, 0.2) is 0 Å². The predicted molar refractivity (Wildman–Crippen MR) is 60.2 cm³/mol. The average molecular weight is 260 g/mol. The van der Waals surface area contributed by atoms with E-state index in [1.54, 1.807) is 20.8 Å². The fraction of sp³-hybridized carbons (Fsp3) is 1.00. The van der Waals surface area contributed by atoms with Crippen LogP contribution < -0.4 is 0 Å². The zero-order valence-corrected chi connectivity index (χ0v) is 12.3. The molecule has 0 aromatic heterocycles. The topological polar surface area (TPSA) is 80.9 Å². The standard InChI is InChI=1S/C4H10O.3C2H6O.Ti/c1-4(2)3-5;3*1-2-3;/h4-5H,3H2,1-2H3;3*3H,2H2,1H3;. The van der Waals surface area contributed by atoms with Crippen molar-refractivity contribution in [1.29, 1.82) is 0 Å². The van der Waals surface area contributed by atoms with E-state index >= 15 is 0 Å². The predicted octanol–water partition coefficient (Wildman–Crippen LogP) is 0.628. The Labute approximate surface area is 109 Å². The minimum Gasteiger partial charge on any atom is -0.397 e. The first-order valence-electron chi connectivity index (χ1n) is 4.95. The molecule has 15 heavy (non-hydrogen) atoms. The summed E-state index contributed by atoms with van der Waals surface area (Å²) in [5, 5.41) is 30.9. The molecule has 0 fully saturated rings. The molecule has 0 aliphatic heterocycles. The summed E-state index contributed by atoms with van der Waals surface area (Å²) in [5.74, 6) is 0.440. The molecule has 0 saturated carbocycles. The quantitative estimate of drug-likeness (QED) is 0.521. The summed E-state index contributed by atoms with van der Waals surface area (Å²) in [7, 11) is 0. The third-order valence-corrected chi connectivity index (χ3v) is 0.365. The Hall–Kier alpha value is 0.554. The number of rotatable bonds is 1. The van der Waals surface area contributed by atoms with Gasteiger partial charge in [0.25, 0.3) is 0 Å². The van der Waals surface area contributed by atoms with Crippen LogP contribution in [0.3, 0.4) is 0 Å². The summed E-state index contributed by atoms with van der Waals surface area (Å²) in [6, 6.07) is 0. The molecule has 0 aliphatic rings. The van der Waals surface area contributed by atoms with Crippen molar-refractivity contribution in [3.05, 3.63) is 0 Å². The van der Waals surface area contributed by atoms with Crippen molar-refractivity contribution < 1.29 is 42.1 Å². The van der Waals surface area contributed by atoms with E-state index in [-0.39, 0.29) is 41.5 Å². The summed E-state index contributed by atoms with van der Waals surface area (Å²) < 4.78 is 0. The van der Waals surface area contributed by atoms with Crippen molar-refractivity contribution >= 4 is 0 Å². The van der Waals surface area contributed by atoms with Gasteiger partial charge in [0, 0.05) is 48.1 Å². The first kappa shape index (κ1) is 29.6. The Kier molecular flexibility index (Phi) is 92.4. The minimum absolute atomic E-state index is 0. The molecule has 5 heteroatoms. The van der Waals surface area contributed by atoms with E-state index < -0.39 is 0 Å². The number of hydrogen-bond acceptors (Lipinski definition) is 4. The normalized spacial score (nSPS) is 6.80. The van der Waals surface area contributed by atoms with Crippen molar-refractivity contribution in [3.8, 4) is 0 Å². The van der Waals surface area contributed by atoms with Gasteiger partial charge in [0.05, 0.1) is 0 Å². The molecule has 0 atom stereocenters.